The Balaban J connectivity index is 1.74. The molecule has 0 aliphatic heterocycles. The Morgan fingerprint density at radius 1 is 0.941 bits per heavy atom. The predicted octanol–water partition coefficient (Wildman–Crippen LogP) is 3.78. The largest absolute Gasteiger partial charge is 0.207 e. The van der Waals surface area contributed by atoms with Crippen molar-refractivity contribution in [3.63, 3.8) is 0 Å². The molecule has 0 radical (unpaired) electrons. The van der Waals surface area contributed by atoms with Crippen molar-refractivity contribution >= 4 is 0 Å². The van der Waals surface area contributed by atoms with E-state index < -0.39 is 0 Å². The minimum Gasteiger partial charge on any atom is -0.207 e. The summed E-state index contributed by atoms with van der Waals surface area (Å²) in [4.78, 5) is 0. The average molecular weight is 226 g/mol. The third-order valence-electron chi connectivity index (χ3n) is 3.55. The minimum atomic E-state index is -0.107. The molecule has 0 nitrogen and oxygen atoms in total. The molecule has 0 bridgehead atoms. The van der Waals surface area contributed by atoms with Crippen molar-refractivity contribution in [1.29, 1.82) is 0 Å². The number of hydrogen-bond acceptors (Lipinski definition) is 0. The lowest BCUT2D eigenvalue weighted by molar-refractivity contribution is 0.558. The summed E-state index contributed by atoms with van der Waals surface area (Å²) in [6, 6.07) is 15.8. The van der Waals surface area contributed by atoms with Crippen molar-refractivity contribution < 1.29 is 4.39 Å². The topological polar surface area (TPSA) is 0 Å². The Morgan fingerprint density at radius 2 is 1.71 bits per heavy atom. The zero-order valence-corrected chi connectivity index (χ0v) is 9.70. The molecule has 0 amide bonds. The summed E-state index contributed by atoms with van der Waals surface area (Å²) < 4.78 is 13.1. The van der Waals surface area contributed by atoms with Crippen LogP contribution in [0.3, 0.4) is 0 Å². The fraction of sp³-hybridized carbons (Fsp3) is 0.250. The van der Waals surface area contributed by atoms with Gasteiger partial charge in [-0.25, -0.2) is 4.39 Å². The summed E-state index contributed by atoms with van der Waals surface area (Å²) in [7, 11) is 0. The molecular formula is C16H15F. The van der Waals surface area contributed by atoms with Crippen molar-refractivity contribution in [2.24, 2.45) is 5.92 Å². The number of benzene rings is 2. The van der Waals surface area contributed by atoms with Gasteiger partial charge in [-0.2, -0.15) is 0 Å². The number of rotatable bonds is 2. The van der Waals surface area contributed by atoms with E-state index >= 15 is 0 Å². The van der Waals surface area contributed by atoms with Crippen LogP contribution in [0.15, 0.2) is 48.5 Å². The Bertz CT molecular complexity index is 516. The van der Waals surface area contributed by atoms with E-state index in [2.05, 4.69) is 24.3 Å². The van der Waals surface area contributed by atoms with Crippen molar-refractivity contribution in [3.05, 3.63) is 71.0 Å². The standard InChI is InChI=1S/C16H15F/c17-16-7-6-14-9-13(10-15(14)11-16)8-12-4-2-1-3-5-12/h1-7,11,13H,8-10H2. The van der Waals surface area contributed by atoms with Crippen LogP contribution in [-0.2, 0) is 19.3 Å². The highest BCUT2D eigenvalue weighted by molar-refractivity contribution is 5.33. The van der Waals surface area contributed by atoms with E-state index in [0.717, 1.165) is 19.3 Å². The SMILES string of the molecule is Fc1ccc2c(c1)CC(Cc1ccccc1)C2. The van der Waals surface area contributed by atoms with Crippen LogP contribution in [0.1, 0.15) is 16.7 Å². The smallest absolute Gasteiger partial charge is 0.123 e. The van der Waals surface area contributed by atoms with Gasteiger partial charge in [-0.05, 0) is 54.0 Å². The lowest BCUT2D eigenvalue weighted by atomic mass is 9.97. The Kier molecular flexibility index (Phi) is 2.68. The van der Waals surface area contributed by atoms with Crippen molar-refractivity contribution in [2.45, 2.75) is 19.3 Å². The number of halogens is 1. The highest BCUT2D eigenvalue weighted by atomic mass is 19.1. The summed E-state index contributed by atoms with van der Waals surface area (Å²) >= 11 is 0. The summed E-state index contributed by atoms with van der Waals surface area (Å²) in [5.74, 6) is 0.526. The minimum absolute atomic E-state index is 0.107. The molecule has 0 aromatic heterocycles. The van der Waals surface area contributed by atoms with Gasteiger partial charge in [0, 0.05) is 0 Å². The third kappa shape index (κ3) is 2.23. The molecule has 3 rings (SSSR count). The Hall–Kier alpha value is -1.63. The van der Waals surface area contributed by atoms with Gasteiger partial charge in [0.05, 0.1) is 0 Å². The summed E-state index contributed by atoms with van der Waals surface area (Å²) in [6.07, 6.45) is 3.20. The Labute approximate surface area is 101 Å². The second-order valence-corrected chi connectivity index (χ2v) is 4.88. The van der Waals surface area contributed by atoms with Gasteiger partial charge in [0.25, 0.3) is 0 Å². The molecule has 1 aliphatic rings. The van der Waals surface area contributed by atoms with Gasteiger partial charge in [-0.15, -0.1) is 0 Å². The van der Waals surface area contributed by atoms with Gasteiger partial charge < -0.3 is 0 Å². The van der Waals surface area contributed by atoms with E-state index in [0.29, 0.717) is 5.92 Å². The van der Waals surface area contributed by atoms with E-state index in [1.165, 1.54) is 16.7 Å². The molecule has 1 atom stereocenters. The maximum absolute atomic E-state index is 13.1. The first kappa shape index (κ1) is 10.5. The molecule has 1 aliphatic carbocycles. The zero-order valence-electron chi connectivity index (χ0n) is 9.70. The van der Waals surface area contributed by atoms with Crippen LogP contribution in [0.2, 0.25) is 0 Å². The van der Waals surface area contributed by atoms with Crippen LogP contribution in [0.25, 0.3) is 0 Å². The second kappa shape index (κ2) is 4.33. The molecule has 0 fully saturated rings. The molecule has 2 aromatic carbocycles. The summed E-state index contributed by atoms with van der Waals surface area (Å²) in [5.41, 5.74) is 3.91. The van der Waals surface area contributed by atoms with E-state index in [1.807, 2.05) is 12.1 Å². The molecule has 1 heteroatoms. The fourth-order valence-electron chi connectivity index (χ4n) is 2.77. The Morgan fingerprint density at radius 3 is 2.53 bits per heavy atom. The molecule has 0 N–H and O–H groups in total. The van der Waals surface area contributed by atoms with E-state index in [1.54, 1.807) is 12.1 Å². The van der Waals surface area contributed by atoms with E-state index in [-0.39, 0.29) is 5.82 Å². The summed E-state index contributed by atoms with van der Waals surface area (Å²) in [6.45, 7) is 0. The highest BCUT2D eigenvalue weighted by Gasteiger charge is 2.21. The molecular weight excluding hydrogens is 211 g/mol. The zero-order chi connectivity index (χ0) is 11.7. The quantitative estimate of drug-likeness (QED) is 0.731. The lowest BCUT2D eigenvalue weighted by Crippen LogP contribution is -2.03. The lowest BCUT2D eigenvalue weighted by Gasteiger charge is -2.08. The monoisotopic (exact) mass is 226 g/mol. The first-order valence-electron chi connectivity index (χ1n) is 6.12. The van der Waals surface area contributed by atoms with Crippen LogP contribution in [0.5, 0.6) is 0 Å². The highest BCUT2D eigenvalue weighted by Crippen LogP contribution is 2.29. The van der Waals surface area contributed by atoms with Gasteiger partial charge in [0.1, 0.15) is 5.82 Å². The van der Waals surface area contributed by atoms with E-state index in [9.17, 15) is 4.39 Å². The average Bonchev–Trinajstić information content (AvgIpc) is 2.71. The second-order valence-electron chi connectivity index (χ2n) is 4.88. The molecule has 0 saturated carbocycles. The molecule has 0 spiro atoms. The fourth-order valence-corrected chi connectivity index (χ4v) is 2.77. The molecule has 2 aromatic rings. The van der Waals surface area contributed by atoms with Gasteiger partial charge in [0.2, 0.25) is 0 Å². The molecule has 0 saturated heterocycles. The van der Waals surface area contributed by atoms with E-state index in [4.69, 9.17) is 0 Å². The van der Waals surface area contributed by atoms with Crippen LogP contribution >= 0.6 is 0 Å². The van der Waals surface area contributed by atoms with Crippen LogP contribution in [0.4, 0.5) is 4.39 Å². The number of hydrogen-bond donors (Lipinski definition) is 0. The maximum atomic E-state index is 13.1. The van der Waals surface area contributed by atoms with Crippen molar-refractivity contribution in [1.82, 2.24) is 0 Å². The first-order valence-corrected chi connectivity index (χ1v) is 6.12. The predicted molar refractivity (Wildman–Crippen MR) is 67.4 cm³/mol. The van der Waals surface area contributed by atoms with Crippen LogP contribution < -0.4 is 0 Å². The molecule has 1 unspecified atom stereocenters. The summed E-state index contributed by atoms with van der Waals surface area (Å²) in [5, 5.41) is 0. The van der Waals surface area contributed by atoms with Gasteiger partial charge in [-0.3, -0.25) is 0 Å². The first-order chi connectivity index (χ1) is 8.31. The van der Waals surface area contributed by atoms with Crippen LogP contribution in [0, 0.1) is 11.7 Å². The van der Waals surface area contributed by atoms with Gasteiger partial charge in [0.15, 0.2) is 0 Å². The molecule has 0 heterocycles. The van der Waals surface area contributed by atoms with Crippen molar-refractivity contribution in [3.8, 4) is 0 Å². The van der Waals surface area contributed by atoms with Gasteiger partial charge >= 0.3 is 0 Å². The molecule has 86 valence electrons. The molecule has 17 heavy (non-hydrogen) atoms. The van der Waals surface area contributed by atoms with Crippen LogP contribution in [-0.4, -0.2) is 0 Å². The third-order valence-corrected chi connectivity index (χ3v) is 3.55. The normalized spacial score (nSPS) is 18.1. The number of fused-ring (bicyclic) bond motifs is 1. The van der Waals surface area contributed by atoms with Gasteiger partial charge in [-0.1, -0.05) is 36.4 Å². The van der Waals surface area contributed by atoms with Crippen molar-refractivity contribution in [2.75, 3.05) is 0 Å². The maximum Gasteiger partial charge on any atom is 0.123 e.